The molecule has 0 aliphatic rings. The standard InChI is InChI=1S/C15H17ClFN3/c1-3-7-18-15-9-13(19-14(4-2)20-15)11-6-5-10(16)8-12(11)17/h5-6,8-9H,3-4,7H2,1-2H3,(H,18,19,20). The van der Waals surface area contributed by atoms with Crippen molar-refractivity contribution in [2.45, 2.75) is 26.7 Å². The van der Waals surface area contributed by atoms with Crippen molar-refractivity contribution in [3.05, 3.63) is 40.9 Å². The van der Waals surface area contributed by atoms with Crippen LogP contribution < -0.4 is 5.32 Å². The van der Waals surface area contributed by atoms with Crippen molar-refractivity contribution in [1.82, 2.24) is 9.97 Å². The molecule has 1 aromatic heterocycles. The van der Waals surface area contributed by atoms with E-state index in [1.54, 1.807) is 18.2 Å². The van der Waals surface area contributed by atoms with Crippen molar-refractivity contribution in [2.24, 2.45) is 0 Å². The number of hydrogen-bond acceptors (Lipinski definition) is 3. The second-order valence-electron chi connectivity index (χ2n) is 4.46. The Kier molecular flexibility index (Phi) is 4.90. The van der Waals surface area contributed by atoms with Crippen molar-refractivity contribution in [3.63, 3.8) is 0 Å². The molecule has 3 nitrogen and oxygen atoms in total. The van der Waals surface area contributed by atoms with Gasteiger partial charge in [0.15, 0.2) is 0 Å². The molecule has 2 rings (SSSR count). The van der Waals surface area contributed by atoms with E-state index in [0.29, 0.717) is 28.5 Å². The van der Waals surface area contributed by atoms with Gasteiger partial charge in [-0.2, -0.15) is 0 Å². The third-order valence-electron chi connectivity index (χ3n) is 2.85. The summed E-state index contributed by atoms with van der Waals surface area (Å²) in [4.78, 5) is 8.78. The molecule has 2 aromatic rings. The molecule has 106 valence electrons. The maximum atomic E-state index is 14.0. The maximum absolute atomic E-state index is 14.0. The van der Waals surface area contributed by atoms with E-state index in [4.69, 9.17) is 11.6 Å². The second-order valence-corrected chi connectivity index (χ2v) is 4.90. The number of nitrogens with one attached hydrogen (secondary N) is 1. The van der Waals surface area contributed by atoms with Crippen molar-refractivity contribution < 1.29 is 4.39 Å². The van der Waals surface area contributed by atoms with Crippen LogP contribution in [0, 0.1) is 5.82 Å². The highest BCUT2D eigenvalue weighted by Crippen LogP contribution is 2.25. The summed E-state index contributed by atoms with van der Waals surface area (Å²) >= 11 is 5.78. The number of nitrogens with zero attached hydrogens (tertiary/aromatic N) is 2. The highest BCUT2D eigenvalue weighted by molar-refractivity contribution is 6.30. The van der Waals surface area contributed by atoms with E-state index < -0.39 is 0 Å². The smallest absolute Gasteiger partial charge is 0.134 e. The fraction of sp³-hybridized carbons (Fsp3) is 0.333. The minimum absolute atomic E-state index is 0.375. The Morgan fingerprint density at radius 2 is 2.00 bits per heavy atom. The van der Waals surface area contributed by atoms with Crippen LogP contribution >= 0.6 is 11.6 Å². The minimum atomic E-state index is -0.375. The average Bonchev–Trinajstić information content (AvgIpc) is 2.44. The van der Waals surface area contributed by atoms with Gasteiger partial charge in [0.05, 0.1) is 5.69 Å². The third-order valence-corrected chi connectivity index (χ3v) is 3.09. The number of aromatic nitrogens is 2. The van der Waals surface area contributed by atoms with E-state index in [2.05, 4.69) is 22.2 Å². The predicted molar refractivity (Wildman–Crippen MR) is 80.6 cm³/mol. The van der Waals surface area contributed by atoms with Crippen molar-refractivity contribution >= 4 is 17.4 Å². The Hall–Kier alpha value is -1.68. The molecule has 1 heterocycles. The zero-order chi connectivity index (χ0) is 14.5. The molecule has 0 aliphatic carbocycles. The average molecular weight is 294 g/mol. The Bertz CT molecular complexity index is 602. The molecule has 0 atom stereocenters. The summed E-state index contributed by atoms with van der Waals surface area (Å²) in [6.45, 7) is 4.87. The highest BCUT2D eigenvalue weighted by atomic mass is 35.5. The van der Waals surface area contributed by atoms with Gasteiger partial charge in [-0.25, -0.2) is 14.4 Å². The van der Waals surface area contributed by atoms with Crippen LogP contribution in [0.2, 0.25) is 5.02 Å². The van der Waals surface area contributed by atoms with Gasteiger partial charge in [-0.15, -0.1) is 0 Å². The lowest BCUT2D eigenvalue weighted by atomic mass is 10.1. The first-order valence-electron chi connectivity index (χ1n) is 6.71. The monoisotopic (exact) mass is 293 g/mol. The van der Waals surface area contributed by atoms with Gasteiger partial charge in [0.2, 0.25) is 0 Å². The van der Waals surface area contributed by atoms with Crippen LogP contribution in [0.15, 0.2) is 24.3 Å². The van der Waals surface area contributed by atoms with Gasteiger partial charge < -0.3 is 5.32 Å². The summed E-state index contributed by atoms with van der Waals surface area (Å²) in [5.74, 6) is 1.04. The van der Waals surface area contributed by atoms with E-state index >= 15 is 0 Å². The van der Waals surface area contributed by atoms with Gasteiger partial charge in [-0.05, 0) is 24.6 Å². The van der Waals surface area contributed by atoms with E-state index in [1.165, 1.54) is 6.07 Å². The van der Waals surface area contributed by atoms with E-state index in [0.717, 1.165) is 18.8 Å². The van der Waals surface area contributed by atoms with E-state index in [9.17, 15) is 4.39 Å². The van der Waals surface area contributed by atoms with Crippen molar-refractivity contribution in [2.75, 3.05) is 11.9 Å². The lowest BCUT2D eigenvalue weighted by molar-refractivity contribution is 0.630. The van der Waals surface area contributed by atoms with E-state index in [1.807, 2.05) is 6.92 Å². The molecule has 0 aliphatic heterocycles. The van der Waals surface area contributed by atoms with Crippen molar-refractivity contribution in [1.29, 1.82) is 0 Å². The largest absolute Gasteiger partial charge is 0.370 e. The summed E-state index contributed by atoms with van der Waals surface area (Å²) < 4.78 is 14.0. The molecule has 1 aromatic carbocycles. The quantitative estimate of drug-likeness (QED) is 0.892. The second kappa shape index (κ2) is 6.66. The molecule has 0 spiro atoms. The first-order valence-corrected chi connectivity index (χ1v) is 7.09. The molecule has 5 heteroatoms. The zero-order valence-electron chi connectivity index (χ0n) is 11.6. The molecule has 20 heavy (non-hydrogen) atoms. The third kappa shape index (κ3) is 3.45. The van der Waals surface area contributed by atoms with Gasteiger partial charge in [0.25, 0.3) is 0 Å². The van der Waals surface area contributed by atoms with Gasteiger partial charge in [-0.3, -0.25) is 0 Å². The van der Waals surface area contributed by atoms with Gasteiger partial charge in [0, 0.05) is 29.6 Å². The molecule has 0 saturated heterocycles. The van der Waals surface area contributed by atoms with Crippen LogP contribution in [0.1, 0.15) is 26.1 Å². The lowest BCUT2D eigenvalue weighted by Crippen LogP contribution is -2.06. The topological polar surface area (TPSA) is 37.8 Å². The van der Waals surface area contributed by atoms with Crippen molar-refractivity contribution in [3.8, 4) is 11.3 Å². The number of anilines is 1. The summed E-state index contributed by atoms with van der Waals surface area (Å²) in [7, 11) is 0. The van der Waals surface area contributed by atoms with Gasteiger partial charge >= 0.3 is 0 Å². The van der Waals surface area contributed by atoms with Crippen LogP contribution in [-0.2, 0) is 6.42 Å². The van der Waals surface area contributed by atoms with Gasteiger partial charge in [0.1, 0.15) is 17.5 Å². The molecule has 0 saturated carbocycles. The molecule has 0 bridgehead atoms. The number of rotatable bonds is 5. The fourth-order valence-corrected chi connectivity index (χ4v) is 1.99. The zero-order valence-corrected chi connectivity index (χ0v) is 12.3. The number of halogens is 2. The molecule has 0 unspecified atom stereocenters. The Balaban J connectivity index is 2.44. The SMILES string of the molecule is CCCNc1cc(-c2ccc(Cl)cc2F)nc(CC)n1. The molecular formula is C15H17ClFN3. The number of hydrogen-bond donors (Lipinski definition) is 1. The number of benzene rings is 1. The summed E-state index contributed by atoms with van der Waals surface area (Å²) in [5.41, 5.74) is 1.01. The van der Waals surface area contributed by atoms with Crippen LogP contribution in [0.5, 0.6) is 0 Å². The Labute approximate surface area is 123 Å². The molecular weight excluding hydrogens is 277 g/mol. The fourth-order valence-electron chi connectivity index (χ4n) is 1.83. The minimum Gasteiger partial charge on any atom is -0.370 e. The summed E-state index contributed by atoms with van der Waals surface area (Å²) in [6, 6.07) is 6.36. The lowest BCUT2D eigenvalue weighted by Gasteiger charge is -2.09. The molecule has 1 N–H and O–H groups in total. The first kappa shape index (κ1) is 14.7. The molecule has 0 radical (unpaired) electrons. The van der Waals surface area contributed by atoms with Crippen LogP contribution in [0.25, 0.3) is 11.3 Å². The Morgan fingerprint density at radius 1 is 1.20 bits per heavy atom. The van der Waals surface area contributed by atoms with Crippen LogP contribution in [0.3, 0.4) is 0 Å². The normalized spacial score (nSPS) is 10.6. The first-order chi connectivity index (χ1) is 9.63. The van der Waals surface area contributed by atoms with Crippen LogP contribution in [0.4, 0.5) is 10.2 Å². The van der Waals surface area contributed by atoms with Gasteiger partial charge in [-0.1, -0.05) is 25.4 Å². The number of aryl methyl sites for hydroxylation is 1. The Morgan fingerprint density at radius 3 is 2.65 bits per heavy atom. The molecule has 0 fully saturated rings. The van der Waals surface area contributed by atoms with Crippen LogP contribution in [-0.4, -0.2) is 16.5 Å². The van der Waals surface area contributed by atoms with E-state index in [-0.39, 0.29) is 5.82 Å². The summed E-state index contributed by atoms with van der Waals surface area (Å²) in [6.07, 6.45) is 1.69. The predicted octanol–water partition coefficient (Wildman–Crippen LogP) is 4.32. The maximum Gasteiger partial charge on any atom is 0.134 e. The summed E-state index contributed by atoms with van der Waals surface area (Å²) in [5, 5.41) is 3.59. The molecule has 0 amide bonds. The highest BCUT2D eigenvalue weighted by Gasteiger charge is 2.10.